The number of rotatable bonds is 5. The minimum atomic E-state index is -0.262. The fourth-order valence-electron chi connectivity index (χ4n) is 4.31. The van der Waals surface area contributed by atoms with Gasteiger partial charge in [-0.25, -0.2) is 9.79 Å². The van der Waals surface area contributed by atoms with Crippen molar-refractivity contribution in [2.75, 3.05) is 24.8 Å². The number of amides is 1. The Bertz CT molecular complexity index is 1520. The van der Waals surface area contributed by atoms with Crippen molar-refractivity contribution < 1.29 is 9.53 Å². The number of para-hydroxylation sites is 1. The number of nitrogens with zero attached hydrogens (tertiary/aromatic N) is 2. The molecule has 0 unspecified atom stereocenters. The quantitative estimate of drug-likeness (QED) is 0.334. The van der Waals surface area contributed by atoms with Gasteiger partial charge < -0.3 is 20.4 Å². The van der Waals surface area contributed by atoms with Gasteiger partial charge >= 0.3 is 6.03 Å². The van der Waals surface area contributed by atoms with Crippen molar-refractivity contribution in [3.8, 4) is 0 Å². The SMILES string of the molecule is CNc1ccc(NC(=O)n2c(C3=N/C(=C\c4[nH]c(C)cc4C)C(OC)=C3)cc3ccccc32)cc1. The molecule has 0 spiro atoms. The van der Waals surface area contributed by atoms with Crippen LogP contribution in [0.5, 0.6) is 0 Å². The minimum absolute atomic E-state index is 0.262. The first-order valence-electron chi connectivity index (χ1n) is 11.4. The van der Waals surface area contributed by atoms with Crippen LogP contribution in [0.1, 0.15) is 22.6 Å². The van der Waals surface area contributed by atoms with Gasteiger partial charge in [0.25, 0.3) is 0 Å². The van der Waals surface area contributed by atoms with Crippen LogP contribution in [0.2, 0.25) is 0 Å². The molecule has 2 aromatic carbocycles. The van der Waals surface area contributed by atoms with Gasteiger partial charge in [-0.1, -0.05) is 18.2 Å². The monoisotopic (exact) mass is 465 g/mol. The summed E-state index contributed by atoms with van der Waals surface area (Å²) in [6, 6.07) is 19.2. The topological polar surface area (TPSA) is 83.4 Å². The van der Waals surface area contributed by atoms with Gasteiger partial charge in [0.05, 0.1) is 24.0 Å². The molecule has 0 saturated heterocycles. The fourth-order valence-corrected chi connectivity index (χ4v) is 4.31. The summed E-state index contributed by atoms with van der Waals surface area (Å²) in [5, 5.41) is 7.04. The Morgan fingerprint density at radius 3 is 2.49 bits per heavy atom. The summed E-state index contributed by atoms with van der Waals surface area (Å²) in [5.74, 6) is 0.645. The maximum absolute atomic E-state index is 13.5. The number of hydrogen-bond acceptors (Lipinski definition) is 4. The number of carbonyl (C=O) groups excluding carboxylic acids is 1. The molecule has 1 amide bonds. The number of ether oxygens (including phenoxy) is 1. The molecule has 1 aliphatic rings. The summed E-state index contributed by atoms with van der Waals surface area (Å²) < 4.78 is 7.30. The highest BCUT2D eigenvalue weighted by Gasteiger charge is 2.23. The summed E-state index contributed by atoms with van der Waals surface area (Å²) >= 11 is 0. The number of aliphatic imine (C=N–C) groups is 1. The van der Waals surface area contributed by atoms with Gasteiger partial charge in [0.15, 0.2) is 0 Å². The van der Waals surface area contributed by atoms with Crippen LogP contribution in [0.3, 0.4) is 0 Å². The first-order valence-corrected chi connectivity index (χ1v) is 11.4. The molecule has 0 atom stereocenters. The molecule has 176 valence electrons. The van der Waals surface area contributed by atoms with Crippen molar-refractivity contribution in [2.45, 2.75) is 13.8 Å². The van der Waals surface area contributed by atoms with Gasteiger partial charge in [-0.15, -0.1) is 0 Å². The number of methoxy groups -OCH3 is 1. The number of aryl methyl sites for hydroxylation is 2. The molecule has 0 radical (unpaired) electrons. The Kier molecular flexibility index (Phi) is 5.74. The second-order valence-corrected chi connectivity index (χ2v) is 8.47. The number of hydrogen-bond donors (Lipinski definition) is 3. The van der Waals surface area contributed by atoms with Gasteiger partial charge in [0, 0.05) is 41.3 Å². The Morgan fingerprint density at radius 2 is 1.80 bits per heavy atom. The van der Waals surface area contributed by atoms with E-state index in [1.165, 1.54) is 0 Å². The molecule has 3 N–H and O–H groups in total. The number of allylic oxidation sites excluding steroid dienone is 1. The smallest absolute Gasteiger partial charge is 0.331 e. The highest BCUT2D eigenvalue weighted by Crippen LogP contribution is 2.29. The van der Waals surface area contributed by atoms with E-state index in [1.807, 2.05) is 80.7 Å². The Hall–Kier alpha value is -4.52. The Balaban J connectivity index is 1.57. The normalized spacial score (nSPS) is 14.2. The molecular weight excluding hydrogens is 438 g/mol. The molecule has 1 aliphatic heterocycles. The Morgan fingerprint density at radius 1 is 1.06 bits per heavy atom. The fraction of sp³-hybridized carbons (Fsp3) is 0.143. The van der Waals surface area contributed by atoms with E-state index >= 15 is 0 Å². The summed E-state index contributed by atoms with van der Waals surface area (Å²) in [6.07, 6.45) is 3.84. The minimum Gasteiger partial charge on any atom is -0.494 e. The highest BCUT2D eigenvalue weighted by molar-refractivity contribution is 6.16. The predicted molar refractivity (Wildman–Crippen MR) is 142 cm³/mol. The van der Waals surface area contributed by atoms with E-state index < -0.39 is 0 Å². The number of nitrogens with one attached hydrogen (secondary N) is 3. The van der Waals surface area contributed by atoms with E-state index in [1.54, 1.807) is 11.7 Å². The molecule has 3 heterocycles. The van der Waals surface area contributed by atoms with E-state index in [4.69, 9.17) is 9.73 Å². The zero-order chi connectivity index (χ0) is 24.5. The van der Waals surface area contributed by atoms with Crippen molar-refractivity contribution in [1.82, 2.24) is 9.55 Å². The van der Waals surface area contributed by atoms with Gasteiger partial charge in [-0.05, 0) is 68.0 Å². The molecular formula is C28H27N5O2. The lowest BCUT2D eigenvalue weighted by molar-refractivity contribution is 0.254. The van der Waals surface area contributed by atoms with E-state index in [9.17, 15) is 4.79 Å². The molecule has 5 rings (SSSR count). The average molecular weight is 466 g/mol. The Labute approximate surface area is 203 Å². The van der Waals surface area contributed by atoms with Gasteiger partial charge in [-0.3, -0.25) is 4.57 Å². The zero-order valence-corrected chi connectivity index (χ0v) is 20.1. The van der Waals surface area contributed by atoms with Crippen LogP contribution in [0, 0.1) is 13.8 Å². The molecule has 0 fully saturated rings. The van der Waals surface area contributed by atoms with Crippen LogP contribution in [0.15, 0.2) is 83.2 Å². The van der Waals surface area contributed by atoms with Crippen LogP contribution in [-0.2, 0) is 4.74 Å². The first kappa shape index (κ1) is 22.3. The lowest BCUT2D eigenvalue weighted by Crippen LogP contribution is -2.22. The van der Waals surface area contributed by atoms with Crippen molar-refractivity contribution in [3.05, 3.63) is 101 Å². The van der Waals surface area contributed by atoms with Crippen LogP contribution >= 0.6 is 0 Å². The molecule has 7 nitrogen and oxygen atoms in total. The molecule has 35 heavy (non-hydrogen) atoms. The highest BCUT2D eigenvalue weighted by atomic mass is 16.5. The third-order valence-corrected chi connectivity index (χ3v) is 6.05. The van der Waals surface area contributed by atoms with Crippen LogP contribution in [0.4, 0.5) is 16.2 Å². The molecule has 7 heteroatoms. The number of benzene rings is 2. The predicted octanol–water partition coefficient (Wildman–Crippen LogP) is 6.08. The summed E-state index contributed by atoms with van der Waals surface area (Å²) in [4.78, 5) is 21.7. The number of aromatic nitrogens is 2. The third kappa shape index (κ3) is 4.24. The molecule has 0 bridgehead atoms. The van der Waals surface area contributed by atoms with E-state index in [2.05, 4.69) is 28.6 Å². The van der Waals surface area contributed by atoms with Crippen molar-refractivity contribution in [1.29, 1.82) is 0 Å². The molecule has 4 aromatic rings. The van der Waals surface area contributed by atoms with Gasteiger partial charge in [-0.2, -0.15) is 0 Å². The summed E-state index contributed by atoms with van der Waals surface area (Å²) in [5.41, 5.74) is 7.72. The molecule has 0 aliphatic carbocycles. The number of aromatic amines is 1. The van der Waals surface area contributed by atoms with E-state index in [0.717, 1.165) is 33.5 Å². The second kappa shape index (κ2) is 9.02. The lowest BCUT2D eigenvalue weighted by atomic mass is 10.2. The average Bonchev–Trinajstić information content (AvgIpc) is 3.54. The molecule has 0 saturated carbocycles. The zero-order valence-electron chi connectivity index (χ0n) is 20.1. The van der Waals surface area contributed by atoms with Crippen LogP contribution < -0.4 is 10.6 Å². The number of H-pyrrole nitrogens is 1. The molecule has 2 aromatic heterocycles. The summed E-state index contributed by atoms with van der Waals surface area (Å²) in [6.45, 7) is 4.08. The third-order valence-electron chi connectivity index (χ3n) is 6.05. The van der Waals surface area contributed by atoms with Crippen molar-refractivity contribution >= 4 is 40.1 Å². The van der Waals surface area contributed by atoms with E-state index in [0.29, 0.717) is 28.5 Å². The standard InChI is InChI=1S/C28H27N5O2/c1-17-13-18(2)30-22(17)15-24-27(35-4)16-23(32-24)26-14-19-7-5-6-8-25(19)33(26)28(34)31-21-11-9-20(29-3)10-12-21/h5-16,29-30H,1-4H3,(H,31,34)/b24-15-. The number of fused-ring (bicyclic) bond motifs is 1. The maximum atomic E-state index is 13.5. The van der Waals surface area contributed by atoms with E-state index in [-0.39, 0.29) is 6.03 Å². The first-order chi connectivity index (χ1) is 17.0. The number of anilines is 2. The van der Waals surface area contributed by atoms with Crippen molar-refractivity contribution in [2.24, 2.45) is 4.99 Å². The van der Waals surface area contributed by atoms with Crippen LogP contribution in [-0.4, -0.2) is 35.5 Å². The summed E-state index contributed by atoms with van der Waals surface area (Å²) in [7, 11) is 3.49. The van der Waals surface area contributed by atoms with Crippen LogP contribution in [0.25, 0.3) is 17.0 Å². The lowest BCUT2D eigenvalue weighted by Gasteiger charge is -2.11. The van der Waals surface area contributed by atoms with Gasteiger partial charge in [0.1, 0.15) is 11.5 Å². The van der Waals surface area contributed by atoms with Crippen molar-refractivity contribution in [3.63, 3.8) is 0 Å². The van der Waals surface area contributed by atoms with Gasteiger partial charge in [0.2, 0.25) is 0 Å². The largest absolute Gasteiger partial charge is 0.494 e. The maximum Gasteiger partial charge on any atom is 0.331 e. The number of carbonyl (C=O) groups is 1. The second-order valence-electron chi connectivity index (χ2n) is 8.47.